The van der Waals surface area contributed by atoms with Crippen molar-refractivity contribution in [3.63, 3.8) is 0 Å². The minimum Gasteiger partial charge on any atom is -0.396 e. The van der Waals surface area contributed by atoms with Gasteiger partial charge in [0.25, 0.3) is 0 Å². The van der Waals surface area contributed by atoms with E-state index in [0.29, 0.717) is 6.42 Å². The van der Waals surface area contributed by atoms with E-state index >= 15 is 0 Å². The molecular formula is C15H16O2. The van der Waals surface area contributed by atoms with Gasteiger partial charge in [0.2, 0.25) is 0 Å². The third kappa shape index (κ3) is 2.38. The van der Waals surface area contributed by atoms with Crippen LogP contribution in [0, 0.1) is 0 Å². The second-order valence-electron chi connectivity index (χ2n) is 4.07. The summed E-state index contributed by atoms with van der Waals surface area (Å²) < 4.78 is 0. The van der Waals surface area contributed by atoms with Gasteiger partial charge in [0.05, 0.1) is 0 Å². The molecule has 0 spiro atoms. The minimum absolute atomic E-state index is 0.0553. The summed E-state index contributed by atoms with van der Waals surface area (Å²) in [5.41, 5.74) is 0.498. The Morgan fingerprint density at radius 3 is 1.53 bits per heavy atom. The van der Waals surface area contributed by atoms with Crippen molar-refractivity contribution >= 4 is 0 Å². The molecule has 0 aliphatic carbocycles. The summed E-state index contributed by atoms with van der Waals surface area (Å²) in [6.07, 6.45) is 0.293. The fourth-order valence-electron chi connectivity index (χ4n) is 2.04. The van der Waals surface area contributed by atoms with Gasteiger partial charge in [-0.1, -0.05) is 60.7 Å². The summed E-state index contributed by atoms with van der Waals surface area (Å²) in [4.78, 5) is 0. The summed E-state index contributed by atoms with van der Waals surface area (Å²) >= 11 is 0. The molecule has 88 valence electrons. The van der Waals surface area contributed by atoms with Gasteiger partial charge in [-0.15, -0.1) is 0 Å². The van der Waals surface area contributed by atoms with Crippen LogP contribution in [0.3, 0.4) is 0 Å². The first-order valence-electron chi connectivity index (χ1n) is 5.71. The lowest BCUT2D eigenvalue weighted by Crippen LogP contribution is -2.28. The van der Waals surface area contributed by atoms with Crippen LogP contribution in [0.15, 0.2) is 60.7 Å². The molecule has 2 heteroatoms. The molecule has 2 aromatic rings. The first-order chi connectivity index (χ1) is 8.27. The average molecular weight is 228 g/mol. The number of benzene rings is 2. The Labute approximate surface area is 101 Å². The molecule has 0 heterocycles. The van der Waals surface area contributed by atoms with Gasteiger partial charge in [0.1, 0.15) is 5.60 Å². The van der Waals surface area contributed by atoms with Crippen molar-refractivity contribution in [1.82, 2.24) is 0 Å². The zero-order valence-corrected chi connectivity index (χ0v) is 9.58. The van der Waals surface area contributed by atoms with Crippen molar-refractivity contribution in [1.29, 1.82) is 0 Å². The van der Waals surface area contributed by atoms with Gasteiger partial charge in [-0.3, -0.25) is 0 Å². The van der Waals surface area contributed by atoms with Crippen molar-refractivity contribution in [3.05, 3.63) is 71.8 Å². The molecule has 0 saturated heterocycles. The lowest BCUT2D eigenvalue weighted by atomic mass is 9.84. The van der Waals surface area contributed by atoms with Crippen LogP contribution in [-0.4, -0.2) is 16.8 Å². The van der Waals surface area contributed by atoms with Crippen LogP contribution in [-0.2, 0) is 5.60 Å². The third-order valence-corrected chi connectivity index (χ3v) is 2.98. The standard InChI is InChI=1S/C15H16O2/c16-12-11-15(17,13-7-3-1-4-8-13)14-9-5-2-6-10-14/h1-10,16-17H,11-12H2. The lowest BCUT2D eigenvalue weighted by molar-refractivity contribution is 0.0509. The highest BCUT2D eigenvalue weighted by Gasteiger charge is 2.30. The molecule has 0 unspecified atom stereocenters. The zero-order chi connectivity index (χ0) is 12.1. The average Bonchev–Trinajstić information content (AvgIpc) is 2.41. The van der Waals surface area contributed by atoms with Gasteiger partial charge in [-0.2, -0.15) is 0 Å². The van der Waals surface area contributed by atoms with Crippen molar-refractivity contribution < 1.29 is 10.2 Å². The van der Waals surface area contributed by atoms with Crippen molar-refractivity contribution in [3.8, 4) is 0 Å². The Balaban J connectivity index is 2.47. The van der Waals surface area contributed by atoms with Gasteiger partial charge >= 0.3 is 0 Å². The fourth-order valence-corrected chi connectivity index (χ4v) is 2.04. The first kappa shape index (κ1) is 11.8. The Hall–Kier alpha value is -1.64. The number of hydrogen-bond donors (Lipinski definition) is 2. The van der Waals surface area contributed by atoms with Gasteiger partial charge in [-0.25, -0.2) is 0 Å². The number of rotatable bonds is 4. The van der Waals surface area contributed by atoms with E-state index in [2.05, 4.69) is 0 Å². The summed E-state index contributed by atoms with van der Waals surface area (Å²) in [5, 5.41) is 20.0. The van der Waals surface area contributed by atoms with Gasteiger partial charge in [0.15, 0.2) is 0 Å². The Morgan fingerprint density at radius 1 is 0.765 bits per heavy atom. The summed E-state index contributed by atoms with van der Waals surface area (Å²) in [7, 11) is 0. The number of hydrogen-bond acceptors (Lipinski definition) is 2. The predicted octanol–water partition coefficient (Wildman–Crippen LogP) is 2.30. The molecule has 0 aliphatic rings. The highest BCUT2D eigenvalue weighted by Crippen LogP contribution is 2.32. The first-order valence-corrected chi connectivity index (χ1v) is 5.71. The Morgan fingerprint density at radius 2 is 1.18 bits per heavy atom. The molecule has 0 bridgehead atoms. The Kier molecular flexibility index (Phi) is 3.57. The van der Waals surface area contributed by atoms with E-state index in [0.717, 1.165) is 11.1 Å². The third-order valence-electron chi connectivity index (χ3n) is 2.98. The van der Waals surface area contributed by atoms with Crippen molar-refractivity contribution in [2.24, 2.45) is 0 Å². The van der Waals surface area contributed by atoms with Crippen LogP contribution in [0.2, 0.25) is 0 Å². The normalized spacial score (nSPS) is 11.4. The second kappa shape index (κ2) is 5.13. The van der Waals surface area contributed by atoms with Crippen LogP contribution in [0.5, 0.6) is 0 Å². The lowest BCUT2D eigenvalue weighted by Gasteiger charge is -2.28. The predicted molar refractivity (Wildman–Crippen MR) is 67.6 cm³/mol. The number of aliphatic hydroxyl groups excluding tert-OH is 1. The monoisotopic (exact) mass is 228 g/mol. The summed E-state index contributed by atoms with van der Waals surface area (Å²) in [6.45, 7) is -0.0553. The Bertz CT molecular complexity index is 411. The molecule has 0 amide bonds. The molecule has 17 heavy (non-hydrogen) atoms. The quantitative estimate of drug-likeness (QED) is 0.843. The molecule has 0 aromatic heterocycles. The molecule has 0 radical (unpaired) electrons. The minimum atomic E-state index is -1.11. The van der Waals surface area contributed by atoms with Gasteiger partial charge < -0.3 is 10.2 Å². The van der Waals surface area contributed by atoms with Gasteiger partial charge in [0, 0.05) is 13.0 Å². The fraction of sp³-hybridized carbons (Fsp3) is 0.200. The van der Waals surface area contributed by atoms with Gasteiger partial charge in [-0.05, 0) is 11.1 Å². The SMILES string of the molecule is OCCC(O)(c1ccccc1)c1ccccc1. The zero-order valence-electron chi connectivity index (χ0n) is 9.58. The maximum Gasteiger partial charge on any atom is 0.117 e. The maximum absolute atomic E-state index is 10.8. The largest absolute Gasteiger partial charge is 0.396 e. The molecule has 0 saturated carbocycles. The molecule has 2 nitrogen and oxygen atoms in total. The maximum atomic E-state index is 10.8. The smallest absolute Gasteiger partial charge is 0.117 e. The molecule has 2 aromatic carbocycles. The van der Waals surface area contributed by atoms with E-state index in [-0.39, 0.29) is 6.61 Å². The molecular weight excluding hydrogens is 212 g/mol. The highest BCUT2D eigenvalue weighted by molar-refractivity contribution is 5.35. The topological polar surface area (TPSA) is 40.5 Å². The van der Waals surface area contributed by atoms with Crippen LogP contribution < -0.4 is 0 Å². The number of aliphatic hydroxyl groups is 2. The van der Waals surface area contributed by atoms with Crippen molar-refractivity contribution in [2.75, 3.05) is 6.61 Å². The second-order valence-corrected chi connectivity index (χ2v) is 4.07. The molecule has 0 aliphatic heterocycles. The summed E-state index contributed by atoms with van der Waals surface area (Å²) in [5.74, 6) is 0. The van der Waals surface area contributed by atoms with E-state index in [9.17, 15) is 5.11 Å². The van der Waals surface area contributed by atoms with Crippen molar-refractivity contribution in [2.45, 2.75) is 12.0 Å². The van der Waals surface area contributed by atoms with E-state index < -0.39 is 5.60 Å². The van der Waals surface area contributed by atoms with Crippen LogP contribution in [0.25, 0.3) is 0 Å². The van der Waals surface area contributed by atoms with E-state index in [1.165, 1.54) is 0 Å². The van der Waals surface area contributed by atoms with Crippen LogP contribution >= 0.6 is 0 Å². The van der Waals surface area contributed by atoms with Crippen LogP contribution in [0.1, 0.15) is 17.5 Å². The van der Waals surface area contributed by atoms with E-state index in [1.54, 1.807) is 0 Å². The van der Waals surface area contributed by atoms with Crippen LogP contribution in [0.4, 0.5) is 0 Å². The molecule has 2 N–H and O–H groups in total. The molecule has 2 rings (SSSR count). The highest BCUT2D eigenvalue weighted by atomic mass is 16.3. The summed E-state index contributed by atoms with van der Waals surface area (Å²) in [6, 6.07) is 18.9. The molecule has 0 atom stereocenters. The van der Waals surface area contributed by atoms with E-state index in [1.807, 2.05) is 60.7 Å². The molecule has 0 fully saturated rings. The van der Waals surface area contributed by atoms with E-state index in [4.69, 9.17) is 5.11 Å².